The third-order valence-electron chi connectivity index (χ3n) is 2.63. The van der Waals surface area contributed by atoms with Crippen LogP contribution in [0.1, 0.15) is 18.4 Å². The van der Waals surface area contributed by atoms with Crippen LogP contribution in [0.15, 0.2) is 24.3 Å². The quantitative estimate of drug-likeness (QED) is 0.741. The zero-order valence-corrected chi connectivity index (χ0v) is 10.5. The van der Waals surface area contributed by atoms with Gasteiger partial charge in [-0.3, -0.25) is 0 Å². The smallest absolute Gasteiger partial charge is 0.123 e. The second kappa shape index (κ2) is 7.69. The molecule has 1 rings (SSSR count). The molecule has 1 N–H and O–H groups in total. The number of thioether (sulfide) groups is 1. The third kappa shape index (κ3) is 4.99. The van der Waals surface area contributed by atoms with Crippen molar-refractivity contribution in [1.82, 2.24) is 0 Å². The summed E-state index contributed by atoms with van der Waals surface area (Å²) in [5.74, 6) is 1.19. The topological polar surface area (TPSA) is 20.2 Å². The van der Waals surface area contributed by atoms with Gasteiger partial charge in [0, 0.05) is 6.61 Å². The van der Waals surface area contributed by atoms with Gasteiger partial charge in [-0.05, 0) is 54.9 Å². The fourth-order valence-corrected chi connectivity index (χ4v) is 2.23. The number of hydrogen-bond acceptors (Lipinski definition) is 2. The van der Waals surface area contributed by atoms with Crippen LogP contribution in [-0.2, 0) is 6.42 Å². The summed E-state index contributed by atoms with van der Waals surface area (Å²) in [6, 6.07) is 6.64. The maximum atomic E-state index is 13.0. The van der Waals surface area contributed by atoms with Crippen molar-refractivity contribution in [2.24, 2.45) is 5.92 Å². The molecule has 16 heavy (non-hydrogen) atoms. The second-order valence-electron chi connectivity index (χ2n) is 4.02. The van der Waals surface area contributed by atoms with Crippen molar-refractivity contribution >= 4 is 11.8 Å². The van der Waals surface area contributed by atoms with Crippen LogP contribution < -0.4 is 0 Å². The molecule has 0 heterocycles. The molecule has 0 amide bonds. The molecule has 0 aliphatic heterocycles. The van der Waals surface area contributed by atoms with Crippen LogP contribution in [-0.4, -0.2) is 23.7 Å². The first-order valence-corrected chi connectivity index (χ1v) is 7.00. The molecule has 1 aromatic rings. The zero-order chi connectivity index (χ0) is 11.8. The first kappa shape index (κ1) is 13.5. The minimum Gasteiger partial charge on any atom is -0.396 e. The molecule has 0 aromatic heterocycles. The lowest BCUT2D eigenvalue weighted by Gasteiger charge is -2.13. The monoisotopic (exact) mass is 242 g/mol. The molecule has 1 aromatic carbocycles. The van der Waals surface area contributed by atoms with Crippen LogP contribution in [0.3, 0.4) is 0 Å². The van der Waals surface area contributed by atoms with Gasteiger partial charge in [0.1, 0.15) is 5.82 Å². The minimum atomic E-state index is -0.196. The summed E-state index contributed by atoms with van der Waals surface area (Å²) in [5.41, 5.74) is 0.975. The third-order valence-corrected chi connectivity index (χ3v) is 3.33. The number of rotatable bonds is 7. The van der Waals surface area contributed by atoms with Crippen LogP contribution in [0.4, 0.5) is 4.39 Å². The van der Waals surface area contributed by atoms with Gasteiger partial charge in [-0.1, -0.05) is 12.1 Å². The van der Waals surface area contributed by atoms with E-state index < -0.39 is 0 Å². The van der Waals surface area contributed by atoms with Gasteiger partial charge in [-0.15, -0.1) is 0 Å². The molecule has 0 spiro atoms. The Hall–Kier alpha value is -0.540. The van der Waals surface area contributed by atoms with Crippen LogP contribution in [0.2, 0.25) is 0 Å². The Bertz CT molecular complexity index is 304. The van der Waals surface area contributed by atoms with E-state index in [2.05, 4.69) is 6.26 Å². The van der Waals surface area contributed by atoms with E-state index in [1.807, 2.05) is 17.8 Å². The molecule has 0 bridgehead atoms. The summed E-state index contributed by atoms with van der Waals surface area (Å²) in [5, 5.41) is 9.26. The lowest BCUT2D eigenvalue weighted by molar-refractivity contribution is 0.217. The largest absolute Gasteiger partial charge is 0.396 e. The predicted molar refractivity (Wildman–Crippen MR) is 68.3 cm³/mol. The molecule has 0 aliphatic carbocycles. The maximum absolute atomic E-state index is 13.0. The van der Waals surface area contributed by atoms with E-state index in [4.69, 9.17) is 0 Å². The number of benzene rings is 1. The van der Waals surface area contributed by atoms with Gasteiger partial charge in [0.05, 0.1) is 0 Å². The highest BCUT2D eigenvalue weighted by Crippen LogP contribution is 2.15. The number of halogens is 1. The zero-order valence-electron chi connectivity index (χ0n) is 9.66. The standard InChI is InChI=1S/C13H19FOS/c1-16-7-3-5-12(10-15)8-11-4-2-6-13(14)9-11/h2,4,6,9,12,15H,3,5,7-8,10H2,1H3. The molecule has 90 valence electrons. The first-order valence-electron chi connectivity index (χ1n) is 5.60. The number of aliphatic hydroxyl groups excluding tert-OH is 1. The van der Waals surface area contributed by atoms with E-state index in [-0.39, 0.29) is 18.3 Å². The molecule has 0 saturated heterocycles. The Morgan fingerprint density at radius 3 is 2.88 bits per heavy atom. The molecule has 0 saturated carbocycles. The Morgan fingerprint density at radius 1 is 1.44 bits per heavy atom. The van der Waals surface area contributed by atoms with Gasteiger partial charge >= 0.3 is 0 Å². The molecule has 0 aliphatic rings. The second-order valence-corrected chi connectivity index (χ2v) is 5.00. The highest BCUT2D eigenvalue weighted by atomic mass is 32.2. The van der Waals surface area contributed by atoms with E-state index in [0.29, 0.717) is 0 Å². The summed E-state index contributed by atoms with van der Waals surface area (Å²) < 4.78 is 13.0. The van der Waals surface area contributed by atoms with Crippen LogP contribution in [0.5, 0.6) is 0 Å². The Morgan fingerprint density at radius 2 is 2.25 bits per heavy atom. The predicted octanol–water partition coefficient (Wildman–Crippen LogP) is 3.12. The van der Waals surface area contributed by atoms with E-state index in [9.17, 15) is 9.50 Å². The lowest BCUT2D eigenvalue weighted by Crippen LogP contribution is -2.10. The highest BCUT2D eigenvalue weighted by molar-refractivity contribution is 7.98. The van der Waals surface area contributed by atoms with Gasteiger partial charge < -0.3 is 5.11 Å². The van der Waals surface area contributed by atoms with Crippen LogP contribution in [0, 0.1) is 11.7 Å². The van der Waals surface area contributed by atoms with Gasteiger partial charge in [0.25, 0.3) is 0 Å². The molecule has 0 fully saturated rings. The highest BCUT2D eigenvalue weighted by Gasteiger charge is 2.08. The summed E-state index contributed by atoms with van der Waals surface area (Å²) in [6.45, 7) is 0.185. The lowest BCUT2D eigenvalue weighted by atomic mass is 9.96. The average Bonchev–Trinajstić information content (AvgIpc) is 2.28. The van der Waals surface area contributed by atoms with E-state index in [1.54, 1.807) is 12.1 Å². The Kier molecular flexibility index (Phi) is 6.50. The van der Waals surface area contributed by atoms with Gasteiger partial charge in [-0.25, -0.2) is 4.39 Å². The van der Waals surface area contributed by atoms with Gasteiger partial charge in [0.15, 0.2) is 0 Å². The molecule has 3 heteroatoms. The summed E-state index contributed by atoms with van der Waals surface area (Å²) >= 11 is 1.82. The molecular weight excluding hydrogens is 223 g/mol. The molecule has 1 atom stereocenters. The molecule has 1 unspecified atom stereocenters. The number of hydrogen-bond donors (Lipinski definition) is 1. The van der Waals surface area contributed by atoms with Crippen LogP contribution >= 0.6 is 11.8 Å². The fraction of sp³-hybridized carbons (Fsp3) is 0.538. The Balaban J connectivity index is 2.43. The van der Waals surface area contributed by atoms with E-state index in [0.717, 1.165) is 30.6 Å². The van der Waals surface area contributed by atoms with Crippen molar-refractivity contribution in [1.29, 1.82) is 0 Å². The van der Waals surface area contributed by atoms with Gasteiger partial charge in [-0.2, -0.15) is 11.8 Å². The van der Waals surface area contributed by atoms with Crippen LogP contribution in [0.25, 0.3) is 0 Å². The summed E-state index contributed by atoms with van der Waals surface area (Å²) in [7, 11) is 0. The number of aliphatic hydroxyl groups is 1. The minimum absolute atomic E-state index is 0.185. The average molecular weight is 242 g/mol. The van der Waals surface area contributed by atoms with Crippen molar-refractivity contribution in [2.45, 2.75) is 19.3 Å². The maximum Gasteiger partial charge on any atom is 0.123 e. The Labute approximate surface area is 101 Å². The van der Waals surface area contributed by atoms with E-state index in [1.165, 1.54) is 6.07 Å². The van der Waals surface area contributed by atoms with Crippen molar-refractivity contribution in [3.63, 3.8) is 0 Å². The molecule has 0 radical (unpaired) electrons. The van der Waals surface area contributed by atoms with Crippen molar-refractivity contribution in [2.75, 3.05) is 18.6 Å². The molecule has 1 nitrogen and oxygen atoms in total. The SMILES string of the molecule is CSCCCC(CO)Cc1cccc(F)c1. The van der Waals surface area contributed by atoms with Crippen molar-refractivity contribution in [3.8, 4) is 0 Å². The normalized spacial score (nSPS) is 12.7. The van der Waals surface area contributed by atoms with Gasteiger partial charge in [0.2, 0.25) is 0 Å². The van der Waals surface area contributed by atoms with Crippen molar-refractivity contribution < 1.29 is 9.50 Å². The molecular formula is C13H19FOS. The van der Waals surface area contributed by atoms with Crippen molar-refractivity contribution in [3.05, 3.63) is 35.6 Å². The first-order chi connectivity index (χ1) is 7.76. The fourth-order valence-electron chi connectivity index (χ4n) is 1.77. The summed E-state index contributed by atoms with van der Waals surface area (Å²) in [4.78, 5) is 0. The summed E-state index contributed by atoms with van der Waals surface area (Å²) in [6.07, 6.45) is 4.97. The van der Waals surface area contributed by atoms with E-state index >= 15 is 0 Å².